The SMILES string of the molecule is CCCN(Cc1nnc(-c2ccccc2Cl)o1)C(=O)Cc1ccc(Cl)cc1. The molecule has 0 saturated carbocycles. The van der Waals surface area contributed by atoms with Crippen LogP contribution in [-0.4, -0.2) is 27.5 Å². The monoisotopic (exact) mass is 403 g/mol. The van der Waals surface area contributed by atoms with Crippen LogP contribution in [0.3, 0.4) is 0 Å². The fourth-order valence-corrected chi connectivity index (χ4v) is 3.02. The highest BCUT2D eigenvalue weighted by Crippen LogP contribution is 2.26. The van der Waals surface area contributed by atoms with Gasteiger partial charge in [0.25, 0.3) is 0 Å². The molecule has 3 rings (SSSR count). The second-order valence-electron chi connectivity index (χ2n) is 6.10. The summed E-state index contributed by atoms with van der Waals surface area (Å²) in [5, 5.41) is 9.32. The summed E-state index contributed by atoms with van der Waals surface area (Å²) in [5.41, 5.74) is 1.58. The van der Waals surface area contributed by atoms with Crippen molar-refractivity contribution in [2.75, 3.05) is 6.54 Å². The third kappa shape index (κ3) is 5.08. The molecule has 140 valence electrons. The van der Waals surface area contributed by atoms with Crippen molar-refractivity contribution in [3.63, 3.8) is 0 Å². The third-order valence-electron chi connectivity index (χ3n) is 4.01. The Morgan fingerprint density at radius 2 is 1.81 bits per heavy atom. The van der Waals surface area contributed by atoms with E-state index in [1.54, 1.807) is 23.1 Å². The lowest BCUT2D eigenvalue weighted by Gasteiger charge is -2.20. The summed E-state index contributed by atoms with van der Waals surface area (Å²) >= 11 is 12.1. The summed E-state index contributed by atoms with van der Waals surface area (Å²) < 4.78 is 5.73. The molecule has 0 N–H and O–H groups in total. The lowest BCUT2D eigenvalue weighted by Crippen LogP contribution is -2.32. The Balaban J connectivity index is 1.71. The van der Waals surface area contributed by atoms with E-state index >= 15 is 0 Å². The van der Waals surface area contributed by atoms with Gasteiger partial charge >= 0.3 is 0 Å². The summed E-state index contributed by atoms with van der Waals surface area (Å²) in [6.07, 6.45) is 1.13. The molecule has 0 atom stereocenters. The number of aromatic nitrogens is 2. The molecule has 0 unspecified atom stereocenters. The van der Waals surface area contributed by atoms with Gasteiger partial charge < -0.3 is 9.32 Å². The summed E-state index contributed by atoms with van der Waals surface area (Å²) in [6.45, 7) is 2.89. The van der Waals surface area contributed by atoms with E-state index in [1.165, 1.54) is 0 Å². The average molecular weight is 404 g/mol. The van der Waals surface area contributed by atoms with Crippen LogP contribution in [0.2, 0.25) is 10.0 Å². The van der Waals surface area contributed by atoms with Crippen LogP contribution in [0.4, 0.5) is 0 Å². The maximum absolute atomic E-state index is 12.7. The highest BCUT2D eigenvalue weighted by molar-refractivity contribution is 6.33. The van der Waals surface area contributed by atoms with Gasteiger partial charge in [0.15, 0.2) is 0 Å². The second kappa shape index (κ2) is 9.02. The molecule has 1 amide bonds. The van der Waals surface area contributed by atoms with Crippen LogP contribution in [0.5, 0.6) is 0 Å². The summed E-state index contributed by atoms with van der Waals surface area (Å²) in [6, 6.07) is 14.5. The Kier molecular flexibility index (Phi) is 6.48. The van der Waals surface area contributed by atoms with Crippen molar-refractivity contribution in [1.29, 1.82) is 0 Å². The Hall–Kier alpha value is -2.37. The summed E-state index contributed by atoms with van der Waals surface area (Å²) in [4.78, 5) is 14.4. The normalized spacial score (nSPS) is 10.8. The maximum Gasteiger partial charge on any atom is 0.249 e. The molecule has 5 nitrogen and oxygen atoms in total. The van der Waals surface area contributed by atoms with E-state index in [1.807, 2.05) is 37.3 Å². The molecule has 0 saturated heterocycles. The molecule has 0 bridgehead atoms. The molecule has 0 aliphatic heterocycles. The number of hydrogen-bond donors (Lipinski definition) is 0. The highest BCUT2D eigenvalue weighted by atomic mass is 35.5. The van der Waals surface area contributed by atoms with Crippen molar-refractivity contribution in [2.45, 2.75) is 26.3 Å². The van der Waals surface area contributed by atoms with Gasteiger partial charge in [-0.1, -0.05) is 54.4 Å². The number of carbonyl (C=O) groups is 1. The molecule has 3 aromatic rings. The van der Waals surface area contributed by atoms with Crippen molar-refractivity contribution in [1.82, 2.24) is 15.1 Å². The first-order chi connectivity index (χ1) is 13.1. The lowest BCUT2D eigenvalue weighted by atomic mass is 10.1. The number of nitrogens with zero attached hydrogens (tertiary/aromatic N) is 3. The number of carbonyl (C=O) groups excluding carboxylic acids is 1. The van der Waals surface area contributed by atoms with Gasteiger partial charge in [0.05, 0.1) is 23.6 Å². The molecule has 0 aliphatic carbocycles. The third-order valence-corrected chi connectivity index (χ3v) is 4.59. The smallest absolute Gasteiger partial charge is 0.249 e. The molecular weight excluding hydrogens is 385 g/mol. The largest absolute Gasteiger partial charge is 0.419 e. The minimum absolute atomic E-state index is 0.00309. The van der Waals surface area contributed by atoms with Crippen LogP contribution in [-0.2, 0) is 17.8 Å². The van der Waals surface area contributed by atoms with E-state index in [0.717, 1.165) is 12.0 Å². The Bertz CT molecular complexity index is 910. The lowest BCUT2D eigenvalue weighted by molar-refractivity contribution is -0.131. The fraction of sp³-hybridized carbons (Fsp3) is 0.250. The topological polar surface area (TPSA) is 59.2 Å². The molecule has 0 fully saturated rings. The zero-order valence-electron chi connectivity index (χ0n) is 14.9. The van der Waals surface area contributed by atoms with Crippen LogP contribution >= 0.6 is 23.2 Å². The van der Waals surface area contributed by atoms with E-state index in [9.17, 15) is 4.79 Å². The van der Waals surface area contributed by atoms with Gasteiger partial charge in [0.1, 0.15) is 0 Å². The zero-order chi connectivity index (χ0) is 19.2. The fourth-order valence-electron chi connectivity index (χ4n) is 2.67. The molecule has 2 aromatic carbocycles. The first-order valence-corrected chi connectivity index (χ1v) is 9.42. The first-order valence-electron chi connectivity index (χ1n) is 8.66. The van der Waals surface area contributed by atoms with Crippen molar-refractivity contribution in [3.05, 3.63) is 70.0 Å². The molecule has 1 heterocycles. The zero-order valence-corrected chi connectivity index (χ0v) is 16.4. The van der Waals surface area contributed by atoms with Gasteiger partial charge in [0.2, 0.25) is 17.7 Å². The summed E-state index contributed by atoms with van der Waals surface area (Å²) in [5.74, 6) is 0.719. The van der Waals surface area contributed by atoms with Gasteiger partial charge in [-0.15, -0.1) is 10.2 Å². The van der Waals surface area contributed by atoms with Crippen LogP contribution in [0, 0.1) is 0 Å². The Labute approximate surface area is 167 Å². The number of amides is 1. The maximum atomic E-state index is 12.7. The molecule has 0 aliphatic rings. The predicted molar refractivity (Wildman–Crippen MR) is 106 cm³/mol. The van der Waals surface area contributed by atoms with E-state index in [4.69, 9.17) is 27.6 Å². The quantitative estimate of drug-likeness (QED) is 0.555. The van der Waals surface area contributed by atoms with Crippen LogP contribution in [0.1, 0.15) is 24.8 Å². The van der Waals surface area contributed by atoms with Crippen molar-refractivity contribution in [3.8, 4) is 11.5 Å². The number of hydrogen-bond acceptors (Lipinski definition) is 4. The molecular formula is C20H19Cl2N3O2. The van der Waals surface area contributed by atoms with Gasteiger partial charge in [-0.3, -0.25) is 4.79 Å². The molecule has 27 heavy (non-hydrogen) atoms. The van der Waals surface area contributed by atoms with Gasteiger partial charge in [0, 0.05) is 11.6 Å². The van der Waals surface area contributed by atoms with Crippen molar-refractivity contribution >= 4 is 29.1 Å². The van der Waals surface area contributed by atoms with Crippen molar-refractivity contribution < 1.29 is 9.21 Å². The van der Waals surface area contributed by atoms with Crippen molar-refractivity contribution in [2.24, 2.45) is 0 Å². The van der Waals surface area contributed by atoms with E-state index in [2.05, 4.69) is 10.2 Å². The predicted octanol–water partition coefficient (Wildman–Crippen LogP) is 5.02. The Morgan fingerprint density at radius 3 is 2.52 bits per heavy atom. The van der Waals surface area contributed by atoms with Crippen LogP contribution < -0.4 is 0 Å². The highest BCUT2D eigenvalue weighted by Gasteiger charge is 2.18. The molecule has 1 aromatic heterocycles. The first kappa shape index (κ1) is 19.4. The second-order valence-corrected chi connectivity index (χ2v) is 6.94. The average Bonchev–Trinajstić information content (AvgIpc) is 3.12. The van der Waals surface area contributed by atoms with Gasteiger partial charge in [-0.2, -0.15) is 0 Å². The number of benzene rings is 2. The minimum atomic E-state index is -0.00309. The Morgan fingerprint density at radius 1 is 1.07 bits per heavy atom. The molecule has 0 spiro atoms. The van der Waals surface area contributed by atoms with E-state index < -0.39 is 0 Å². The number of halogens is 2. The minimum Gasteiger partial charge on any atom is -0.419 e. The standard InChI is InChI=1S/C20H19Cl2N3O2/c1-2-11-25(19(26)12-14-7-9-15(21)10-8-14)13-18-23-24-20(27-18)16-5-3-4-6-17(16)22/h3-10H,2,11-13H2,1H3. The van der Waals surface area contributed by atoms with E-state index in [-0.39, 0.29) is 12.5 Å². The van der Waals surface area contributed by atoms with Crippen LogP contribution in [0.25, 0.3) is 11.5 Å². The molecule has 0 radical (unpaired) electrons. The van der Waals surface area contributed by atoms with Crippen LogP contribution in [0.15, 0.2) is 52.9 Å². The van der Waals surface area contributed by atoms with E-state index in [0.29, 0.717) is 40.4 Å². The summed E-state index contributed by atoms with van der Waals surface area (Å²) in [7, 11) is 0. The number of rotatable bonds is 7. The van der Waals surface area contributed by atoms with Gasteiger partial charge in [-0.25, -0.2) is 0 Å². The van der Waals surface area contributed by atoms with Gasteiger partial charge in [-0.05, 0) is 36.2 Å². The molecule has 7 heteroatoms.